The number of fused-ring (bicyclic) bond motifs is 1. The lowest BCUT2D eigenvalue weighted by Gasteiger charge is -2.61. The van der Waals surface area contributed by atoms with Gasteiger partial charge in [-0.1, -0.05) is 24.3 Å². The zero-order valence-corrected chi connectivity index (χ0v) is 9.30. The molecule has 2 nitrogen and oxygen atoms in total. The van der Waals surface area contributed by atoms with Gasteiger partial charge in [-0.05, 0) is 30.1 Å². The molecule has 0 aromatic heterocycles. The Balaban J connectivity index is 1.83. The highest BCUT2D eigenvalue weighted by molar-refractivity contribution is 6.14. The lowest BCUT2D eigenvalue weighted by molar-refractivity contribution is -0.167. The molecule has 2 spiro atoms. The van der Waals surface area contributed by atoms with Crippen LogP contribution in [0.25, 0.3) is 0 Å². The van der Waals surface area contributed by atoms with E-state index in [4.69, 9.17) is 0 Å². The molecule has 7 unspecified atom stereocenters. The molecule has 0 aliphatic heterocycles. The molecule has 0 heterocycles. The largest absolute Gasteiger partial charge is 0.298 e. The Morgan fingerprint density at radius 3 is 1.82 bits per heavy atom. The summed E-state index contributed by atoms with van der Waals surface area (Å²) in [6.07, 6.45) is 9.33. The van der Waals surface area contributed by atoms with Gasteiger partial charge in [-0.15, -0.1) is 0 Å². The molecule has 6 aliphatic rings. The Labute approximate surface area is 98.8 Å². The molecule has 6 aliphatic carbocycles. The second-order valence-corrected chi connectivity index (χ2v) is 6.85. The van der Waals surface area contributed by atoms with E-state index in [1.807, 2.05) is 12.2 Å². The molecular formula is C15H12O2. The number of ketones is 2. The zero-order valence-electron chi connectivity index (χ0n) is 9.30. The molecule has 0 N–H and O–H groups in total. The van der Waals surface area contributed by atoms with Crippen molar-refractivity contribution in [2.75, 3.05) is 0 Å². The van der Waals surface area contributed by atoms with Crippen molar-refractivity contribution in [3.63, 3.8) is 0 Å². The monoisotopic (exact) mass is 224 g/mol. The third-order valence-corrected chi connectivity index (χ3v) is 7.15. The van der Waals surface area contributed by atoms with Crippen LogP contribution in [0.5, 0.6) is 0 Å². The lowest BCUT2D eigenvalue weighted by atomic mass is 9.38. The van der Waals surface area contributed by atoms with Gasteiger partial charge in [-0.3, -0.25) is 9.59 Å². The molecule has 0 aromatic carbocycles. The van der Waals surface area contributed by atoms with Crippen molar-refractivity contribution in [1.82, 2.24) is 0 Å². The lowest BCUT2D eigenvalue weighted by Crippen LogP contribution is -2.66. The highest BCUT2D eigenvalue weighted by Gasteiger charge is 2.94. The summed E-state index contributed by atoms with van der Waals surface area (Å²) in [6, 6.07) is 0. The number of hydrogen-bond donors (Lipinski definition) is 0. The van der Waals surface area contributed by atoms with Crippen molar-refractivity contribution in [3.8, 4) is 0 Å². The van der Waals surface area contributed by atoms with E-state index in [9.17, 15) is 9.59 Å². The van der Waals surface area contributed by atoms with Crippen LogP contribution in [0.15, 0.2) is 24.3 Å². The second-order valence-electron chi connectivity index (χ2n) is 6.85. The van der Waals surface area contributed by atoms with Crippen LogP contribution in [-0.2, 0) is 9.59 Å². The number of hydrogen-bond acceptors (Lipinski definition) is 2. The maximum absolute atomic E-state index is 12.8. The normalized spacial score (nSPS) is 70.4. The number of carbonyl (C=O) groups excluding carboxylic acids is 2. The summed E-state index contributed by atoms with van der Waals surface area (Å²) in [5.74, 6) is 3.23. The number of rotatable bonds is 0. The minimum Gasteiger partial charge on any atom is -0.298 e. The molecule has 0 amide bonds. The minimum atomic E-state index is -0.374. The van der Waals surface area contributed by atoms with E-state index < -0.39 is 0 Å². The molecule has 0 aromatic rings. The number of Topliss-reactive ketones (excluding diaryl/α,β-unsaturated/α-hetero) is 2. The first-order valence-electron chi connectivity index (χ1n) is 6.71. The molecule has 8 atom stereocenters. The Bertz CT molecular complexity index is 548. The Hall–Kier alpha value is -1.18. The van der Waals surface area contributed by atoms with E-state index in [0.29, 0.717) is 35.2 Å². The Kier molecular flexibility index (Phi) is 0.842. The summed E-state index contributed by atoms with van der Waals surface area (Å²) in [6.45, 7) is 0. The van der Waals surface area contributed by atoms with Crippen LogP contribution in [0, 0.1) is 46.3 Å². The predicted octanol–water partition coefficient (Wildman–Crippen LogP) is 1.38. The smallest absolute Gasteiger partial charge is 0.148 e. The van der Waals surface area contributed by atoms with E-state index in [2.05, 4.69) is 12.2 Å². The van der Waals surface area contributed by atoms with E-state index >= 15 is 0 Å². The highest BCUT2D eigenvalue weighted by Crippen LogP contribution is 2.90. The second kappa shape index (κ2) is 1.79. The van der Waals surface area contributed by atoms with Crippen molar-refractivity contribution in [2.24, 2.45) is 46.3 Å². The van der Waals surface area contributed by atoms with Crippen LogP contribution < -0.4 is 0 Å². The predicted molar refractivity (Wildman–Crippen MR) is 58.7 cm³/mol. The summed E-state index contributed by atoms with van der Waals surface area (Å²) in [5, 5.41) is 0. The van der Waals surface area contributed by atoms with Crippen LogP contribution in [0.1, 0.15) is 6.42 Å². The van der Waals surface area contributed by atoms with Crippen LogP contribution in [0.3, 0.4) is 0 Å². The van der Waals surface area contributed by atoms with Crippen LogP contribution >= 0.6 is 0 Å². The van der Waals surface area contributed by atoms with E-state index in [1.165, 1.54) is 0 Å². The van der Waals surface area contributed by atoms with E-state index in [1.54, 1.807) is 0 Å². The molecule has 0 saturated heterocycles. The quantitative estimate of drug-likeness (QED) is 0.623. The molecule has 0 radical (unpaired) electrons. The molecule has 6 rings (SSSR count). The average molecular weight is 224 g/mol. The first-order chi connectivity index (χ1) is 8.25. The minimum absolute atomic E-state index is 0.112. The van der Waals surface area contributed by atoms with Gasteiger partial charge >= 0.3 is 0 Å². The van der Waals surface area contributed by atoms with Crippen LogP contribution in [0.4, 0.5) is 0 Å². The molecule has 84 valence electrons. The van der Waals surface area contributed by atoms with Gasteiger partial charge in [0.05, 0.1) is 10.8 Å². The van der Waals surface area contributed by atoms with Gasteiger partial charge < -0.3 is 0 Å². The van der Waals surface area contributed by atoms with Gasteiger partial charge in [0.25, 0.3) is 0 Å². The van der Waals surface area contributed by atoms with Crippen molar-refractivity contribution >= 4 is 11.6 Å². The van der Waals surface area contributed by atoms with Crippen molar-refractivity contribution in [1.29, 1.82) is 0 Å². The van der Waals surface area contributed by atoms with Gasteiger partial charge in [-0.25, -0.2) is 0 Å². The number of allylic oxidation sites excluding steroid dienone is 4. The first-order valence-corrected chi connectivity index (χ1v) is 6.71. The molecule has 5 saturated carbocycles. The highest BCUT2D eigenvalue weighted by atomic mass is 16.2. The van der Waals surface area contributed by atoms with Crippen molar-refractivity contribution in [2.45, 2.75) is 6.42 Å². The third kappa shape index (κ3) is 0.413. The first kappa shape index (κ1) is 8.02. The third-order valence-electron chi connectivity index (χ3n) is 7.15. The molecule has 17 heavy (non-hydrogen) atoms. The fraction of sp³-hybridized carbons (Fsp3) is 0.600. The van der Waals surface area contributed by atoms with Gasteiger partial charge in [0.1, 0.15) is 11.6 Å². The van der Waals surface area contributed by atoms with Gasteiger partial charge in [0, 0.05) is 11.8 Å². The zero-order chi connectivity index (χ0) is 11.2. The Morgan fingerprint density at radius 2 is 1.35 bits per heavy atom. The summed E-state index contributed by atoms with van der Waals surface area (Å²) in [5.41, 5.74) is -0.749. The van der Waals surface area contributed by atoms with Gasteiger partial charge in [0.15, 0.2) is 0 Å². The fourth-order valence-corrected chi connectivity index (χ4v) is 7.19. The van der Waals surface area contributed by atoms with Crippen molar-refractivity contribution in [3.05, 3.63) is 24.3 Å². The summed E-state index contributed by atoms with van der Waals surface area (Å²) in [7, 11) is 0. The molecule has 2 bridgehead atoms. The SMILES string of the molecule is O=C1C2C3CC4C5C3C13C=CC=CC53C(=O)[C@@H]42. The maximum atomic E-state index is 12.8. The molecular weight excluding hydrogens is 212 g/mol. The fourth-order valence-electron chi connectivity index (χ4n) is 7.19. The maximum Gasteiger partial charge on any atom is 0.148 e. The summed E-state index contributed by atoms with van der Waals surface area (Å²) < 4.78 is 0. The standard InChI is InChI=1S/C15H12O2/c16-12-8-6-5-7-9(8)13(17)15-4-2-1-3-14(12,15)10(6)11(7)15/h1-4,6-11H,5H2/t6?,7?,8-,9?,10?,11?,14?,15?/m0/s1. The average Bonchev–Trinajstić information content (AvgIpc) is 2.86. The number of carbonyl (C=O) groups is 2. The molecule has 5 fully saturated rings. The topological polar surface area (TPSA) is 34.1 Å². The summed E-state index contributed by atoms with van der Waals surface area (Å²) >= 11 is 0. The Morgan fingerprint density at radius 1 is 0.882 bits per heavy atom. The van der Waals surface area contributed by atoms with Gasteiger partial charge in [0.2, 0.25) is 0 Å². The van der Waals surface area contributed by atoms with E-state index in [0.717, 1.165) is 6.42 Å². The van der Waals surface area contributed by atoms with Crippen LogP contribution in [-0.4, -0.2) is 11.6 Å². The van der Waals surface area contributed by atoms with Crippen molar-refractivity contribution < 1.29 is 9.59 Å². The van der Waals surface area contributed by atoms with E-state index in [-0.39, 0.29) is 22.7 Å². The van der Waals surface area contributed by atoms with Gasteiger partial charge in [-0.2, -0.15) is 0 Å². The van der Waals surface area contributed by atoms with Crippen LogP contribution in [0.2, 0.25) is 0 Å². The molecule has 2 heteroatoms. The summed E-state index contributed by atoms with van der Waals surface area (Å²) in [4.78, 5) is 25.5.